The van der Waals surface area contributed by atoms with Gasteiger partial charge in [-0.3, -0.25) is 0 Å². The predicted octanol–water partition coefficient (Wildman–Crippen LogP) is 4.77. The Morgan fingerprint density at radius 2 is 1.79 bits per heavy atom. The number of aromatic nitrogens is 2. The van der Waals surface area contributed by atoms with Crippen LogP contribution >= 0.6 is 0 Å². The van der Waals surface area contributed by atoms with Gasteiger partial charge in [0.25, 0.3) is 0 Å². The summed E-state index contributed by atoms with van der Waals surface area (Å²) >= 11 is 0. The maximum atomic E-state index is 13.0. The van der Waals surface area contributed by atoms with Gasteiger partial charge in [0.05, 0.1) is 11.9 Å². The van der Waals surface area contributed by atoms with Gasteiger partial charge in [0.15, 0.2) is 0 Å². The number of benzene rings is 2. The number of imidazole rings is 1. The minimum absolute atomic E-state index is 0.0831. The molecule has 1 aromatic heterocycles. The lowest BCUT2D eigenvalue weighted by Gasteiger charge is -2.20. The molecular formula is C20H22FN3. The van der Waals surface area contributed by atoms with Crippen molar-refractivity contribution in [2.45, 2.75) is 32.9 Å². The molecule has 0 aliphatic carbocycles. The van der Waals surface area contributed by atoms with Crippen molar-refractivity contribution in [3.05, 3.63) is 66.1 Å². The van der Waals surface area contributed by atoms with E-state index in [1.165, 1.54) is 17.7 Å². The molecule has 124 valence electrons. The van der Waals surface area contributed by atoms with E-state index in [0.29, 0.717) is 0 Å². The number of rotatable bonds is 4. The van der Waals surface area contributed by atoms with Crippen LogP contribution in [-0.4, -0.2) is 15.5 Å². The molecule has 0 aliphatic rings. The molecule has 0 saturated heterocycles. The molecule has 0 amide bonds. The van der Waals surface area contributed by atoms with Gasteiger partial charge in [0.1, 0.15) is 11.6 Å². The van der Waals surface area contributed by atoms with Crippen LogP contribution in [0.4, 0.5) is 4.39 Å². The van der Waals surface area contributed by atoms with Gasteiger partial charge in [-0.05, 0) is 62.2 Å². The molecule has 0 fully saturated rings. The number of halogens is 1. The lowest BCUT2D eigenvalue weighted by atomic mass is 10.1. The molecule has 0 saturated carbocycles. The van der Waals surface area contributed by atoms with E-state index in [4.69, 9.17) is 0 Å². The molecule has 3 rings (SSSR count). The van der Waals surface area contributed by atoms with Crippen molar-refractivity contribution in [3.8, 4) is 22.6 Å². The van der Waals surface area contributed by atoms with Gasteiger partial charge in [-0.25, -0.2) is 9.37 Å². The summed E-state index contributed by atoms with van der Waals surface area (Å²) in [5.41, 5.74) is 4.21. The van der Waals surface area contributed by atoms with E-state index in [-0.39, 0.29) is 11.4 Å². The summed E-state index contributed by atoms with van der Waals surface area (Å²) in [6.07, 6.45) is 1.81. The number of nitrogens with zero attached hydrogens (tertiary/aromatic N) is 1. The highest BCUT2D eigenvalue weighted by Gasteiger charge is 2.10. The van der Waals surface area contributed by atoms with E-state index >= 15 is 0 Å². The monoisotopic (exact) mass is 323 g/mol. The van der Waals surface area contributed by atoms with Gasteiger partial charge in [-0.1, -0.05) is 18.2 Å². The van der Waals surface area contributed by atoms with E-state index in [0.717, 1.165) is 29.2 Å². The number of aromatic amines is 1. The Kier molecular flexibility index (Phi) is 4.49. The summed E-state index contributed by atoms with van der Waals surface area (Å²) in [5, 5.41) is 3.49. The normalized spacial score (nSPS) is 11.7. The van der Waals surface area contributed by atoms with Gasteiger partial charge < -0.3 is 10.3 Å². The second-order valence-corrected chi connectivity index (χ2v) is 6.96. The molecule has 0 radical (unpaired) electrons. The second-order valence-electron chi connectivity index (χ2n) is 6.96. The first-order chi connectivity index (χ1) is 11.4. The van der Waals surface area contributed by atoms with Crippen LogP contribution in [0.1, 0.15) is 26.3 Å². The van der Waals surface area contributed by atoms with E-state index in [1.54, 1.807) is 12.1 Å². The maximum absolute atomic E-state index is 13.0. The highest BCUT2D eigenvalue weighted by molar-refractivity contribution is 5.64. The number of nitrogens with one attached hydrogen (secondary N) is 2. The Hall–Kier alpha value is -2.46. The van der Waals surface area contributed by atoms with E-state index < -0.39 is 0 Å². The van der Waals surface area contributed by atoms with Crippen LogP contribution in [0.5, 0.6) is 0 Å². The molecule has 0 unspecified atom stereocenters. The second kappa shape index (κ2) is 6.57. The topological polar surface area (TPSA) is 40.7 Å². The quantitative estimate of drug-likeness (QED) is 0.726. The van der Waals surface area contributed by atoms with Crippen LogP contribution in [0.2, 0.25) is 0 Å². The molecule has 3 nitrogen and oxygen atoms in total. The molecule has 24 heavy (non-hydrogen) atoms. The number of hydrogen-bond donors (Lipinski definition) is 2. The fraction of sp³-hybridized carbons (Fsp3) is 0.250. The standard InChI is InChI=1S/C20H22FN3/c1-20(2,3)23-12-14-5-4-6-16(11-14)18-13-22-19(24-18)15-7-9-17(21)10-8-15/h4-11,13,23H,12H2,1-3H3,(H,22,24). The van der Waals surface area contributed by atoms with Crippen LogP contribution in [-0.2, 0) is 6.54 Å². The van der Waals surface area contributed by atoms with Crippen LogP contribution in [0.25, 0.3) is 22.6 Å². The highest BCUT2D eigenvalue weighted by atomic mass is 19.1. The summed E-state index contributed by atoms with van der Waals surface area (Å²) in [6.45, 7) is 7.28. The summed E-state index contributed by atoms with van der Waals surface area (Å²) in [7, 11) is 0. The van der Waals surface area contributed by atoms with Crippen LogP contribution < -0.4 is 5.32 Å². The molecule has 2 aromatic carbocycles. The third-order valence-electron chi connectivity index (χ3n) is 3.75. The summed E-state index contributed by atoms with van der Waals surface area (Å²) < 4.78 is 13.0. The van der Waals surface area contributed by atoms with Crippen molar-refractivity contribution in [3.63, 3.8) is 0 Å². The summed E-state index contributed by atoms with van der Waals surface area (Å²) in [4.78, 5) is 7.72. The Balaban J connectivity index is 1.81. The Morgan fingerprint density at radius 3 is 2.50 bits per heavy atom. The Labute approximate surface area is 142 Å². The minimum atomic E-state index is -0.246. The summed E-state index contributed by atoms with van der Waals surface area (Å²) in [5.74, 6) is 0.493. The highest BCUT2D eigenvalue weighted by Crippen LogP contribution is 2.23. The third-order valence-corrected chi connectivity index (χ3v) is 3.75. The minimum Gasteiger partial charge on any atom is -0.338 e. The largest absolute Gasteiger partial charge is 0.338 e. The van der Waals surface area contributed by atoms with Crippen molar-refractivity contribution in [1.29, 1.82) is 0 Å². The smallest absolute Gasteiger partial charge is 0.137 e. The Bertz CT molecular complexity index is 813. The molecule has 0 bridgehead atoms. The van der Waals surface area contributed by atoms with Gasteiger partial charge in [-0.2, -0.15) is 0 Å². The van der Waals surface area contributed by atoms with Crippen molar-refractivity contribution < 1.29 is 4.39 Å². The first-order valence-electron chi connectivity index (χ1n) is 8.06. The van der Waals surface area contributed by atoms with Crippen molar-refractivity contribution in [2.75, 3.05) is 0 Å². The fourth-order valence-electron chi connectivity index (χ4n) is 2.44. The van der Waals surface area contributed by atoms with Gasteiger partial charge in [-0.15, -0.1) is 0 Å². The lowest BCUT2D eigenvalue weighted by Crippen LogP contribution is -2.35. The van der Waals surface area contributed by atoms with Crippen molar-refractivity contribution in [1.82, 2.24) is 15.3 Å². The van der Waals surface area contributed by atoms with Crippen LogP contribution in [0.3, 0.4) is 0 Å². The molecule has 2 N–H and O–H groups in total. The molecule has 3 aromatic rings. The van der Waals surface area contributed by atoms with Gasteiger partial charge >= 0.3 is 0 Å². The zero-order chi connectivity index (χ0) is 17.2. The average Bonchev–Trinajstić information content (AvgIpc) is 3.03. The molecule has 4 heteroatoms. The Morgan fingerprint density at radius 1 is 1.04 bits per heavy atom. The van der Waals surface area contributed by atoms with Crippen molar-refractivity contribution >= 4 is 0 Å². The van der Waals surface area contributed by atoms with E-state index in [9.17, 15) is 4.39 Å². The number of hydrogen-bond acceptors (Lipinski definition) is 2. The first-order valence-corrected chi connectivity index (χ1v) is 8.06. The average molecular weight is 323 g/mol. The van der Waals surface area contributed by atoms with Crippen LogP contribution in [0.15, 0.2) is 54.7 Å². The molecule has 1 heterocycles. The summed E-state index contributed by atoms with van der Waals surface area (Å²) in [6, 6.07) is 14.7. The molecule has 0 atom stereocenters. The third kappa shape index (κ3) is 4.09. The van der Waals surface area contributed by atoms with Crippen molar-refractivity contribution in [2.24, 2.45) is 0 Å². The number of H-pyrrole nitrogens is 1. The zero-order valence-corrected chi connectivity index (χ0v) is 14.2. The first kappa shape index (κ1) is 16.4. The lowest BCUT2D eigenvalue weighted by molar-refractivity contribution is 0.424. The molecular weight excluding hydrogens is 301 g/mol. The zero-order valence-electron chi connectivity index (χ0n) is 14.2. The molecule has 0 spiro atoms. The van der Waals surface area contributed by atoms with Gasteiger partial charge in [0.2, 0.25) is 0 Å². The maximum Gasteiger partial charge on any atom is 0.137 e. The van der Waals surface area contributed by atoms with E-state index in [1.807, 2.05) is 12.3 Å². The SMILES string of the molecule is CC(C)(C)NCc1cccc(-c2cnc(-c3ccc(F)cc3)[nH]2)c1. The fourth-order valence-corrected chi connectivity index (χ4v) is 2.44. The predicted molar refractivity (Wildman–Crippen MR) is 96.0 cm³/mol. The van der Waals surface area contributed by atoms with Gasteiger partial charge in [0, 0.05) is 17.6 Å². The van der Waals surface area contributed by atoms with Crippen LogP contribution in [0, 0.1) is 5.82 Å². The van der Waals surface area contributed by atoms with E-state index in [2.05, 4.69) is 54.3 Å². The molecule has 0 aliphatic heterocycles.